The van der Waals surface area contributed by atoms with Crippen molar-refractivity contribution in [1.82, 2.24) is 0 Å². The highest BCUT2D eigenvalue weighted by molar-refractivity contribution is 8.00. The second kappa shape index (κ2) is 5.74. The van der Waals surface area contributed by atoms with Crippen LogP contribution in [0.25, 0.3) is 0 Å². The SMILES string of the molecule is CCOc1cc(N)cc(NCC2(C)CCCS2)c1. The fraction of sp³-hybridized carbons (Fsp3) is 0.571. The van der Waals surface area contributed by atoms with Crippen molar-refractivity contribution in [1.29, 1.82) is 0 Å². The van der Waals surface area contributed by atoms with E-state index in [2.05, 4.69) is 24.0 Å². The molecule has 1 aliphatic heterocycles. The van der Waals surface area contributed by atoms with Crippen molar-refractivity contribution >= 4 is 23.1 Å². The molecule has 0 saturated carbocycles. The second-order valence-corrected chi connectivity index (χ2v) is 6.66. The average molecular weight is 266 g/mol. The smallest absolute Gasteiger partial charge is 0.123 e. The zero-order valence-electron chi connectivity index (χ0n) is 11.2. The van der Waals surface area contributed by atoms with Crippen LogP contribution in [0, 0.1) is 0 Å². The molecule has 0 spiro atoms. The average Bonchev–Trinajstić information content (AvgIpc) is 2.74. The zero-order chi connectivity index (χ0) is 13.0. The predicted octanol–water partition coefficient (Wildman–Crippen LogP) is 3.37. The van der Waals surface area contributed by atoms with E-state index in [1.807, 2.05) is 25.1 Å². The number of anilines is 2. The van der Waals surface area contributed by atoms with Crippen molar-refractivity contribution in [2.75, 3.05) is 30.0 Å². The van der Waals surface area contributed by atoms with Crippen molar-refractivity contribution in [2.45, 2.75) is 31.4 Å². The lowest BCUT2D eigenvalue weighted by Gasteiger charge is -2.23. The van der Waals surface area contributed by atoms with E-state index in [1.54, 1.807) is 0 Å². The molecule has 3 N–H and O–H groups in total. The Morgan fingerprint density at radius 2 is 2.28 bits per heavy atom. The Labute approximate surface area is 113 Å². The fourth-order valence-electron chi connectivity index (χ4n) is 2.24. The Hall–Kier alpha value is -1.03. The lowest BCUT2D eigenvalue weighted by atomic mass is 10.1. The van der Waals surface area contributed by atoms with Gasteiger partial charge in [-0.2, -0.15) is 11.8 Å². The first-order valence-corrected chi connectivity index (χ1v) is 7.51. The van der Waals surface area contributed by atoms with E-state index in [4.69, 9.17) is 10.5 Å². The third-order valence-corrected chi connectivity index (χ3v) is 4.74. The molecule has 0 aromatic heterocycles. The number of nitrogen functional groups attached to an aromatic ring is 1. The summed E-state index contributed by atoms with van der Waals surface area (Å²) in [6, 6.07) is 5.84. The van der Waals surface area contributed by atoms with E-state index in [9.17, 15) is 0 Å². The minimum absolute atomic E-state index is 0.358. The maximum absolute atomic E-state index is 5.88. The van der Waals surface area contributed by atoms with Crippen molar-refractivity contribution < 1.29 is 4.74 Å². The van der Waals surface area contributed by atoms with Gasteiger partial charge < -0.3 is 15.8 Å². The van der Waals surface area contributed by atoms with Gasteiger partial charge in [0.25, 0.3) is 0 Å². The number of hydrogen-bond acceptors (Lipinski definition) is 4. The fourth-order valence-corrected chi connectivity index (χ4v) is 3.48. The highest BCUT2D eigenvalue weighted by atomic mass is 32.2. The van der Waals surface area contributed by atoms with Gasteiger partial charge in [-0.15, -0.1) is 0 Å². The number of ether oxygens (including phenoxy) is 1. The van der Waals surface area contributed by atoms with Crippen LogP contribution in [0.3, 0.4) is 0 Å². The monoisotopic (exact) mass is 266 g/mol. The molecule has 1 aromatic carbocycles. The number of rotatable bonds is 5. The predicted molar refractivity (Wildman–Crippen MR) is 80.6 cm³/mol. The van der Waals surface area contributed by atoms with Crippen molar-refractivity contribution in [3.8, 4) is 5.75 Å². The van der Waals surface area contributed by atoms with Gasteiger partial charge in [0.2, 0.25) is 0 Å². The minimum atomic E-state index is 0.358. The number of benzene rings is 1. The molecule has 4 heteroatoms. The van der Waals surface area contributed by atoms with Crippen LogP contribution in [0.4, 0.5) is 11.4 Å². The summed E-state index contributed by atoms with van der Waals surface area (Å²) in [6.07, 6.45) is 2.61. The molecule has 1 aliphatic rings. The van der Waals surface area contributed by atoms with Crippen molar-refractivity contribution in [3.63, 3.8) is 0 Å². The minimum Gasteiger partial charge on any atom is -0.494 e. The van der Waals surface area contributed by atoms with Crippen LogP contribution in [-0.2, 0) is 0 Å². The van der Waals surface area contributed by atoms with Gasteiger partial charge in [0.15, 0.2) is 0 Å². The molecule has 1 saturated heterocycles. The largest absolute Gasteiger partial charge is 0.494 e. The molecule has 0 bridgehead atoms. The zero-order valence-corrected chi connectivity index (χ0v) is 12.0. The molecule has 0 aliphatic carbocycles. The van der Waals surface area contributed by atoms with Crippen LogP contribution in [0.2, 0.25) is 0 Å². The van der Waals surface area contributed by atoms with Gasteiger partial charge in [-0.3, -0.25) is 0 Å². The first-order chi connectivity index (χ1) is 8.61. The molecule has 1 heterocycles. The highest BCUT2D eigenvalue weighted by Crippen LogP contribution is 2.38. The number of hydrogen-bond donors (Lipinski definition) is 2. The molecule has 18 heavy (non-hydrogen) atoms. The van der Waals surface area contributed by atoms with Gasteiger partial charge in [-0.1, -0.05) is 0 Å². The Balaban J connectivity index is 2.00. The van der Waals surface area contributed by atoms with Gasteiger partial charge in [0.1, 0.15) is 5.75 Å². The molecule has 100 valence electrons. The number of thioether (sulfide) groups is 1. The first-order valence-electron chi connectivity index (χ1n) is 6.52. The van der Waals surface area contributed by atoms with Gasteiger partial charge >= 0.3 is 0 Å². The van der Waals surface area contributed by atoms with Gasteiger partial charge in [-0.25, -0.2) is 0 Å². The Morgan fingerprint density at radius 3 is 2.94 bits per heavy atom. The lowest BCUT2D eigenvalue weighted by Crippen LogP contribution is -2.27. The maximum atomic E-state index is 5.88. The maximum Gasteiger partial charge on any atom is 0.123 e. The van der Waals surface area contributed by atoms with E-state index in [-0.39, 0.29) is 0 Å². The van der Waals surface area contributed by atoms with Crippen LogP contribution in [0.15, 0.2) is 18.2 Å². The van der Waals surface area contributed by atoms with E-state index >= 15 is 0 Å². The van der Waals surface area contributed by atoms with Crippen LogP contribution >= 0.6 is 11.8 Å². The molecule has 1 fully saturated rings. The molecule has 3 nitrogen and oxygen atoms in total. The quantitative estimate of drug-likeness (QED) is 0.802. The Morgan fingerprint density at radius 1 is 1.44 bits per heavy atom. The van der Waals surface area contributed by atoms with Crippen LogP contribution in [-0.4, -0.2) is 23.7 Å². The standard InChI is InChI=1S/C14H22N2OS/c1-3-17-13-8-11(15)7-12(9-13)16-10-14(2)5-4-6-18-14/h7-9,16H,3-6,10,15H2,1-2H3. The molecule has 0 radical (unpaired) electrons. The first kappa shape index (κ1) is 13.4. The van der Waals surface area contributed by atoms with Crippen LogP contribution in [0.5, 0.6) is 5.75 Å². The topological polar surface area (TPSA) is 47.3 Å². The molecule has 1 aromatic rings. The third-order valence-electron chi connectivity index (χ3n) is 3.21. The molecule has 1 unspecified atom stereocenters. The summed E-state index contributed by atoms with van der Waals surface area (Å²) in [5, 5.41) is 3.49. The van der Waals surface area contributed by atoms with Crippen LogP contribution < -0.4 is 15.8 Å². The summed E-state index contributed by atoms with van der Waals surface area (Å²) in [7, 11) is 0. The Kier molecular flexibility index (Phi) is 4.27. The van der Waals surface area contributed by atoms with Gasteiger partial charge in [0.05, 0.1) is 6.61 Å². The van der Waals surface area contributed by atoms with Gasteiger partial charge in [0, 0.05) is 34.8 Å². The number of nitrogens with two attached hydrogens (primary N) is 1. The highest BCUT2D eigenvalue weighted by Gasteiger charge is 2.28. The summed E-state index contributed by atoms with van der Waals surface area (Å²) in [4.78, 5) is 0. The number of nitrogens with one attached hydrogen (secondary N) is 1. The van der Waals surface area contributed by atoms with Crippen molar-refractivity contribution in [3.05, 3.63) is 18.2 Å². The third kappa shape index (κ3) is 3.48. The summed E-state index contributed by atoms with van der Waals surface area (Å²) in [5.74, 6) is 2.11. The molecule has 1 atom stereocenters. The summed E-state index contributed by atoms with van der Waals surface area (Å²) in [5.41, 5.74) is 7.67. The van der Waals surface area contributed by atoms with Gasteiger partial charge in [-0.05, 0) is 38.5 Å². The van der Waals surface area contributed by atoms with E-state index in [0.29, 0.717) is 11.4 Å². The normalized spacial score (nSPS) is 23.0. The molecule has 2 rings (SSSR count). The van der Waals surface area contributed by atoms with E-state index in [0.717, 1.165) is 23.7 Å². The summed E-state index contributed by atoms with van der Waals surface area (Å²) >= 11 is 2.06. The summed E-state index contributed by atoms with van der Waals surface area (Å²) in [6.45, 7) is 5.95. The molecule has 0 amide bonds. The lowest BCUT2D eigenvalue weighted by molar-refractivity contribution is 0.340. The van der Waals surface area contributed by atoms with Crippen molar-refractivity contribution in [2.24, 2.45) is 0 Å². The second-order valence-electron chi connectivity index (χ2n) is 4.98. The molecular formula is C14H22N2OS. The Bertz CT molecular complexity index is 403. The van der Waals surface area contributed by atoms with E-state index in [1.165, 1.54) is 18.6 Å². The molecular weight excluding hydrogens is 244 g/mol. The summed E-state index contributed by atoms with van der Waals surface area (Å²) < 4.78 is 5.86. The van der Waals surface area contributed by atoms with E-state index < -0.39 is 0 Å². The van der Waals surface area contributed by atoms with Crippen LogP contribution in [0.1, 0.15) is 26.7 Å².